The summed E-state index contributed by atoms with van der Waals surface area (Å²) < 4.78 is 1.91. The molecule has 0 spiro atoms. The van der Waals surface area contributed by atoms with E-state index in [0.717, 1.165) is 22.4 Å². The molecule has 23 heavy (non-hydrogen) atoms. The molecule has 0 saturated carbocycles. The van der Waals surface area contributed by atoms with E-state index in [-0.39, 0.29) is 12.5 Å². The summed E-state index contributed by atoms with van der Waals surface area (Å²) in [6, 6.07) is 15.6. The van der Waals surface area contributed by atoms with E-state index in [1.165, 1.54) is 0 Å². The highest BCUT2D eigenvalue weighted by Crippen LogP contribution is 2.21. The number of amides is 1. The Morgan fingerprint density at radius 2 is 1.91 bits per heavy atom. The molecule has 1 amide bonds. The number of nitrogens with two attached hydrogens (primary N) is 1. The van der Waals surface area contributed by atoms with E-state index in [1.807, 2.05) is 67.1 Å². The third-order valence-electron chi connectivity index (χ3n) is 3.98. The SMILES string of the molecule is Cc1nc2c(N)cccc2n1CC(=O)N(C)Cc1ccccc1. The quantitative estimate of drug-likeness (QED) is 0.753. The fourth-order valence-electron chi connectivity index (χ4n) is 2.69. The monoisotopic (exact) mass is 308 g/mol. The Morgan fingerprint density at radius 1 is 1.17 bits per heavy atom. The predicted octanol–water partition coefficient (Wildman–Crippen LogP) is 2.59. The minimum Gasteiger partial charge on any atom is -0.397 e. The number of nitrogens with zero attached hydrogens (tertiary/aromatic N) is 3. The number of carbonyl (C=O) groups excluding carboxylic acids is 1. The van der Waals surface area contributed by atoms with Crippen LogP contribution in [-0.4, -0.2) is 27.4 Å². The molecule has 0 aliphatic carbocycles. The van der Waals surface area contributed by atoms with Gasteiger partial charge in [-0.25, -0.2) is 4.98 Å². The van der Waals surface area contributed by atoms with Crippen molar-refractivity contribution in [1.29, 1.82) is 0 Å². The van der Waals surface area contributed by atoms with Crippen molar-refractivity contribution in [3.05, 3.63) is 59.9 Å². The van der Waals surface area contributed by atoms with Gasteiger partial charge in [0.25, 0.3) is 0 Å². The van der Waals surface area contributed by atoms with Crippen molar-refractivity contribution in [3.63, 3.8) is 0 Å². The summed E-state index contributed by atoms with van der Waals surface area (Å²) in [5, 5.41) is 0. The van der Waals surface area contributed by atoms with Crippen LogP contribution in [0.25, 0.3) is 11.0 Å². The van der Waals surface area contributed by atoms with E-state index < -0.39 is 0 Å². The third-order valence-corrected chi connectivity index (χ3v) is 3.98. The Balaban J connectivity index is 1.80. The summed E-state index contributed by atoms with van der Waals surface area (Å²) in [7, 11) is 1.82. The van der Waals surface area contributed by atoms with Crippen LogP contribution < -0.4 is 5.73 Å². The van der Waals surface area contributed by atoms with E-state index >= 15 is 0 Å². The normalized spacial score (nSPS) is 10.9. The molecule has 0 unspecified atom stereocenters. The Morgan fingerprint density at radius 3 is 2.65 bits per heavy atom. The third kappa shape index (κ3) is 3.04. The van der Waals surface area contributed by atoms with Gasteiger partial charge >= 0.3 is 0 Å². The molecule has 0 aliphatic rings. The first-order valence-corrected chi connectivity index (χ1v) is 7.55. The maximum Gasteiger partial charge on any atom is 0.242 e. The zero-order valence-corrected chi connectivity index (χ0v) is 13.4. The number of rotatable bonds is 4. The first kappa shape index (κ1) is 15.1. The second-order valence-corrected chi connectivity index (χ2v) is 5.70. The lowest BCUT2D eigenvalue weighted by atomic mass is 10.2. The minimum absolute atomic E-state index is 0.0404. The average Bonchev–Trinajstić information content (AvgIpc) is 2.86. The van der Waals surface area contributed by atoms with Gasteiger partial charge in [-0.05, 0) is 24.6 Å². The summed E-state index contributed by atoms with van der Waals surface area (Å²) in [5.74, 6) is 0.832. The van der Waals surface area contributed by atoms with Crippen LogP contribution in [-0.2, 0) is 17.9 Å². The van der Waals surface area contributed by atoms with E-state index in [1.54, 1.807) is 4.90 Å². The van der Waals surface area contributed by atoms with E-state index in [4.69, 9.17) is 5.73 Å². The zero-order chi connectivity index (χ0) is 16.4. The Kier molecular flexibility index (Phi) is 4.02. The second-order valence-electron chi connectivity index (χ2n) is 5.70. The first-order chi connectivity index (χ1) is 11.1. The van der Waals surface area contributed by atoms with Crippen LogP contribution >= 0.6 is 0 Å². The van der Waals surface area contributed by atoms with Crippen molar-refractivity contribution in [2.45, 2.75) is 20.0 Å². The standard InChI is InChI=1S/C18H20N4O/c1-13-20-18-15(19)9-6-10-16(18)22(13)12-17(23)21(2)11-14-7-4-3-5-8-14/h3-10H,11-12,19H2,1-2H3. The Hall–Kier alpha value is -2.82. The highest BCUT2D eigenvalue weighted by molar-refractivity contribution is 5.89. The minimum atomic E-state index is 0.0404. The molecular weight excluding hydrogens is 288 g/mol. The molecule has 118 valence electrons. The van der Waals surface area contributed by atoms with E-state index in [2.05, 4.69) is 4.98 Å². The van der Waals surface area contributed by atoms with E-state index in [0.29, 0.717) is 12.2 Å². The highest BCUT2D eigenvalue weighted by atomic mass is 16.2. The van der Waals surface area contributed by atoms with Gasteiger partial charge in [-0.1, -0.05) is 36.4 Å². The van der Waals surface area contributed by atoms with Gasteiger partial charge in [0.05, 0.1) is 11.2 Å². The molecule has 5 nitrogen and oxygen atoms in total. The molecule has 3 aromatic rings. The molecule has 0 saturated heterocycles. The second kappa shape index (κ2) is 6.12. The number of nitrogen functional groups attached to an aromatic ring is 1. The van der Waals surface area contributed by atoms with Crippen LogP contribution in [0.4, 0.5) is 5.69 Å². The first-order valence-electron chi connectivity index (χ1n) is 7.55. The molecule has 0 fully saturated rings. The van der Waals surface area contributed by atoms with Gasteiger partial charge in [0.2, 0.25) is 5.91 Å². The number of aryl methyl sites for hydroxylation is 1. The number of para-hydroxylation sites is 1. The predicted molar refractivity (Wildman–Crippen MR) is 91.8 cm³/mol. The number of aromatic nitrogens is 2. The van der Waals surface area contributed by atoms with Crippen molar-refractivity contribution >= 4 is 22.6 Å². The maximum atomic E-state index is 12.5. The van der Waals surface area contributed by atoms with Crippen LogP contribution in [0.15, 0.2) is 48.5 Å². The molecule has 1 heterocycles. The van der Waals surface area contributed by atoms with Gasteiger partial charge in [0.15, 0.2) is 0 Å². The molecule has 0 atom stereocenters. The van der Waals surface area contributed by atoms with Crippen LogP contribution in [0.5, 0.6) is 0 Å². The summed E-state index contributed by atoms with van der Waals surface area (Å²) in [5.41, 5.74) is 9.35. The highest BCUT2D eigenvalue weighted by Gasteiger charge is 2.15. The van der Waals surface area contributed by atoms with Crippen molar-refractivity contribution in [2.24, 2.45) is 0 Å². The summed E-state index contributed by atoms with van der Waals surface area (Å²) >= 11 is 0. The van der Waals surface area contributed by atoms with Crippen LogP contribution in [0.2, 0.25) is 0 Å². The van der Waals surface area contributed by atoms with Crippen molar-refractivity contribution in [3.8, 4) is 0 Å². The van der Waals surface area contributed by atoms with Gasteiger partial charge in [-0.3, -0.25) is 4.79 Å². The topological polar surface area (TPSA) is 64.1 Å². The summed E-state index contributed by atoms with van der Waals surface area (Å²) in [6.07, 6.45) is 0. The van der Waals surface area contributed by atoms with E-state index in [9.17, 15) is 4.79 Å². The van der Waals surface area contributed by atoms with Gasteiger partial charge in [0.1, 0.15) is 17.9 Å². The average molecular weight is 308 g/mol. The molecule has 2 aromatic carbocycles. The molecule has 0 aliphatic heterocycles. The molecule has 5 heteroatoms. The van der Waals surface area contributed by atoms with Crippen LogP contribution in [0.1, 0.15) is 11.4 Å². The van der Waals surface area contributed by atoms with Gasteiger partial charge < -0.3 is 15.2 Å². The molecule has 3 rings (SSSR count). The fourth-order valence-corrected chi connectivity index (χ4v) is 2.69. The van der Waals surface area contributed by atoms with Crippen LogP contribution in [0, 0.1) is 6.92 Å². The van der Waals surface area contributed by atoms with Crippen LogP contribution in [0.3, 0.4) is 0 Å². The number of fused-ring (bicyclic) bond motifs is 1. The molecule has 2 N–H and O–H groups in total. The lowest BCUT2D eigenvalue weighted by Crippen LogP contribution is -2.30. The number of anilines is 1. The van der Waals surface area contributed by atoms with Gasteiger partial charge in [-0.2, -0.15) is 0 Å². The van der Waals surface area contributed by atoms with Gasteiger partial charge in [-0.15, -0.1) is 0 Å². The number of hydrogen-bond donors (Lipinski definition) is 1. The Bertz CT molecular complexity index is 839. The molecule has 1 aromatic heterocycles. The number of carbonyl (C=O) groups is 1. The smallest absolute Gasteiger partial charge is 0.242 e. The number of hydrogen-bond acceptors (Lipinski definition) is 3. The summed E-state index contributed by atoms with van der Waals surface area (Å²) in [6.45, 7) is 2.74. The summed E-state index contributed by atoms with van der Waals surface area (Å²) in [4.78, 5) is 18.7. The number of likely N-dealkylation sites (N-methyl/N-ethyl adjacent to an activating group) is 1. The fraction of sp³-hybridized carbons (Fsp3) is 0.222. The van der Waals surface area contributed by atoms with Crippen molar-refractivity contribution < 1.29 is 4.79 Å². The molecule has 0 bridgehead atoms. The number of benzene rings is 2. The largest absolute Gasteiger partial charge is 0.397 e. The lowest BCUT2D eigenvalue weighted by Gasteiger charge is -2.18. The van der Waals surface area contributed by atoms with Crippen molar-refractivity contribution in [2.75, 3.05) is 12.8 Å². The molecular formula is C18H20N4O. The Labute approximate surface area is 135 Å². The maximum absolute atomic E-state index is 12.5. The van der Waals surface area contributed by atoms with Crippen molar-refractivity contribution in [1.82, 2.24) is 14.5 Å². The number of imidazole rings is 1. The zero-order valence-electron chi connectivity index (χ0n) is 13.4. The van der Waals surface area contributed by atoms with Gasteiger partial charge in [0, 0.05) is 13.6 Å². The lowest BCUT2D eigenvalue weighted by molar-refractivity contribution is -0.131. The molecule has 0 radical (unpaired) electrons.